The Morgan fingerprint density at radius 3 is 1.18 bits per heavy atom. The Balaban J connectivity index is 0.00000104. The van der Waals surface area contributed by atoms with E-state index < -0.39 is 0 Å². The zero-order chi connectivity index (χ0) is 40.4. The zero-order valence-corrected chi connectivity index (χ0v) is 33.1. The smallest absolute Gasteiger partial charge is 0.0715 e. The monoisotopic (exact) mass is 767 g/mol. The van der Waals surface area contributed by atoms with Crippen LogP contribution in [-0.4, -0.2) is 14.1 Å². The summed E-state index contributed by atoms with van der Waals surface area (Å²) in [4.78, 5) is 5.13. The van der Waals surface area contributed by atoms with E-state index in [2.05, 4.69) is 222 Å². The maximum atomic E-state index is 5.13. The number of allylic oxidation sites excluding steroid dienone is 2. The van der Waals surface area contributed by atoms with Crippen LogP contribution >= 0.6 is 0 Å². The van der Waals surface area contributed by atoms with Crippen LogP contribution in [0.3, 0.4) is 0 Å². The van der Waals surface area contributed by atoms with Crippen LogP contribution in [0.25, 0.3) is 99.8 Å². The molecule has 0 aliphatic heterocycles. The molecule has 3 heterocycles. The van der Waals surface area contributed by atoms with E-state index in [1.807, 2.05) is 12.1 Å². The molecule has 0 aliphatic rings. The predicted octanol–water partition coefficient (Wildman–Crippen LogP) is 15.3. The number of aromatic nitrogens is 3. The first kappa shape index (κ1) is 36.3. The number of hydrogen-bond donors (Lipinski definition) is 0. The van der Waals surface area contributed by atoms with Crippen molar-refractivity contribution in [2.75, 3.05) is 0 Å². The molecular formula is C57H41N3. The summed E-state index contributed by atoms with van der Waals surface area (Å²) < 4.78 is 4.84. The number of para-hydroxylation sites is 4. The highest BCUT2D eigenvalue weighted by Gasteiger charge is 2.19. The van der Waals surface area contributed by atoms with Gasteiger partial charge in [0.25, 0.3) is 0 Å². The summed E-state index contributed by atoms with van der Waals surface area (Å²) >= 11 is 0. The van der Waals surface area contributed by atoms with Crippen LogP contribution in [0.15, 0.2) is 238 Å². The molecule has 0 unspecified atom stereocenters. The molecule has 60 heavy (non-hydrogen) atoms. The summed E-state index contributed by atoms with van der Waals surface area (Å²) in [5.41, 5.74) is 15.7. The fourth-order valence-electron chi connectivity index (χ4n) is 8.53. The van der Waals surface area contributed by atoms with Gasteiger partial charge in [0, 0.05) is 43.9 Å². The molecule has 0 amide bonds. The van der Waals surface area contributed by atoms with Gasteiger partial charge in [-0.1, -0.05) is 183 Å². The third kappa shape index (κ3) is 6.49. The fourth-order valence-corrected chi connectivity index (χ4v) is 8.53. The van der Waals surface area contributed by atoms with Crippen molar-refractivity contribution >= 4 is 43.6 Å². The van der Waals surface area contributed by atoms with E-state index in [9.17, 15) is 0 Å². The van der Waals surface area contributed by atoms with Crippen LogP contribution < -0.4 is 0 Å². The van der Waals surface area contributed by atoms with Crippen molar-refractivity contribution in [2.24, 2.45) is 0 Å². The second kappa shape index (κ2) is 15.7. The van der Waals surface area contributed by atoms with E-state index in [0.717, 1.165) is 56.1 Å². The zero-order valence-electron chi connectivity index (χ0n) is 33.1. The normalized spacial score (nSPS) is 11.1. The van der Waals surface area contributed by atoms with Crippen molar-refractivity contribution in [3.8, 4) is 56.1 Å². The van der Waals surface area contributed by atoms with Crippen LogP contribution in [0, 0.1) is 0 Å². The number of nitrogens with zero attached hydrogens (tertiary/aromatic N) is 3. The van der Waals surface area contributed by atoms with Gasteiger partial charge >= 0.3 is 0 Å². The number of hydrogen-bond acceptors (Lipinski definition) is 1. The van der Waals surface area contributed by atoms with Gasteiger partial charge in [0.15, 0.2) is 0 Å². The average molecular weight is 768 g/mol. The lowest BCUT2D eigenvalue weighted by atomic mass is 9.96. The summed E-state index contributed by atoms with van der Waals surface area (Å²) in [6, 6.07) is 76.3. The lowest BCUT2D eigenvalue weighted by molar-refractivity contribution is 1.15. The van der Waals surface area contributed by atoms with Gasteiger partial charge < -0.3 is 9.13 Å². The Hall–Kier alpha value is -8.01. The van der Waals surface area contributed by atoms with Crippen LogP contribution in [-0.2, 0) is 0 Å². The average Bonchev–Trinajstić information content (AvgIpc) is 3.85. The Labute approximate surface area is 350 Å². The molecule has 0 aliphatic carbocycles. The number of rotatable bonds is 7. The molecule has 3 heteroatoms. The van der Waals surface area contributed by atoms with Gasteiger partial charge in [-0.3, -0.25) is 0 Å². The molecule has 3 aromatic heterocycles. The van der Waals surface area contributed by atoms with Crippen molar-refractivity contribution in [1.29, 1.82) is 0 Å². The van der Waals surface area contributed by atoms with Crippen molar-refractivity contribution in [3.63, 3.8) is 0 Å². The Morgan fingerprint density at radius 2 is 0.733 bits per heavy atom. The molecule has 0 fully saturated rings. The molecular weight excluding hydrogens is 727 g/mol. The van der Waals surface area contributed by atoms with Gasteiger partial charge in [0.05, 0.1) is 39.1 Å². The molecule has 11 rings (SSSR count). The van der Waals surface area contributed by atoms with Gasteiger partial charge in [-0.15, -0.1) is 0 Å². The second-order valence-corrected chi connectivity index (χ2v) is 14.8. The van der Waals surface area contributed by atoms with Crippen LogP contribution in [0.4, 0.5) is 0 Å². The van der Waals surface area contributed by atoms with E-state index in [1.165, 1.54) is 43.6 Å². The highest BCUT2D eigenvalue weighted by atomic mass is 15.0. The van der Waals surface area contributed by atoms with E-state index in [1.54, 1.807) is 12.2 Å². The third-order valence-electron chi connectivity index (χ3n) is 11.3. The summed E-state index contributed by atoms with van der Waals surface area (Å²) in [5, 5.41) is 5.00. The summed E-state index contributed by atoms with van der Waals surface area (Å²) in [6.07, 6.45) is 3.28. The van der Waals surface area contributed by atoms with E-state index >= 15 is 0 Å². The second-order valence-electron chi connectivity index (χ2n) is 14.8. The number of benzene rings is 8. The van der Waals surface area contributed by atoms with Gasteiger partial charge in [0.2, 0.25) is 0 Å². The molecule has 0 N–H and O–H groups in total. The van der Waals surface area contributed by atoms with E-state index in [-0.39, 0.29) is 0 Å². The molecule has 0 spiro atoms. The van der Waals surface area contributed by atoms with Gasteiger partial charge in [-0.25, -0.2) is 4.98 Å². The Kier molecular flexibility index (Phi) is 9.53. The molecule has 0 atom stereocenters. The van der Waals surface area contributed by atoms with Crippen LogP contribution in [0.1, 0.15) is 0 Å². The van der Waals surface area contributed by atoms with Crippen molar-refractivity contribution in [2.45, 2.75) is 0 Å². The predicted molar refractivity (Wildman–Crippen MR) is 255 cm³/mol. The highest BCUT2D eigenvalue weighted by Crippen LogP contribution is 2.40. The molecule has 0 saturated carbocycles. The third-order valence-corrected chi connectivity index (χ3v) is 11.3. The quantitative estimate of drug-likeness (QED) is 0.148. The molecule has 8 aromatic carbocycles. The minimum absolute atomic E-state index is 0.957. The highest BCUT2D eigenvalue weighted by molar-refractivity contribution is 6.11. The first-order valence-electron chi connectivity index (χ1n) is 20.3. The van der Waals surface area contributed by atoms with Crippen molar-refractivity contribution in [3.05, 3.63) is 238 Å². The van der Waals surface area contributed by atoms with Gasteiger partial charge in [-0.2, -0.15) is 0 Å². The molecule has 0 bridgehead atoms. The summed E-state index contributed by atoms with van der Waals surface area (Å²) in [7, 11) is 0. The molecule has 0 saturated heterocycles. The standard InChI is InChI=1S/C53H35N3.C4H6/c1-3-15-38(16-4-1)47-33-40(34-48(54-47)39-17-5-2-6-18-39)36-27-29-37(30-28-36)46-35-41(55-49-23-11-7-19-42(49)43-20-8-12-24-50(43)55)31-32-53(46)56-51-25-13-9-21-44(51)45-22-10-14-26-52(45)56;1-3-4-2/h1-35H;3-4H,1-2H2. The van der Waals surface area contributed by atoms with Crippen molar-refractivity contribution < 1.29 is 0 Å². The Bertz CT molecular complexity index is 3160. The van der Waals surface area contributed by atoms with E-state index in [4.69, 9.17) is 4.98 Å². The number of pyridine rings is 1. The van der Waals surface area contributed by atoms with Crippen LogP contribution in [0.2, 0.25) is 0 Å². The molecule has 0 radical (unpaired) electrons. The lowest BCUT2D eigenvalue weighted by Gasteiger charge is -2.18. The summed E-state index contributed by atoms with van der Waals surface area (Å²) in [5.74, 6) is 0. The van der Waals surface area contributed by atoms with Gasteiger partial charge in [0.1, 0.15) is 0 Å². The molecule has 11 aromatic rings. The van der Waals surface area contributed by atoms with Crippen molar-refractivity contribution in [1.82, 2.24) is 14.1 Å². The summed E-state index contributed by atoms with van der Waals surface area (Å²) in [6.45, 7) is 6.72. The molecule has 284 valence electrons. The Morgan fingerprint density at radius 1 is 0.333 bits per heavy atom. The molecule has 3 nitrogen and oxygen atoms in total. The number of fused-ring (bicyclic) bond motifs is 6. The minimum atomic E-state index is 0.957. The topological polar surface area (TPSA) is 22.8 Å². The maximum Gasteiger partial charge on any atom is 0.0715 e. The lowest BCUT2D eigenvalue weighted by Crippen LogP contribution is -2.00. The van der Waals surface area contributed by atoms with Gasteiger partial charge in [-0.05, 0) is 71.3 Å². The minimum Gasteiger partial charge on any atom is -0.309 e. The van der Waals surface area contributed by atoms with E-state index in [0.29, 0.717) is 0 Å². The first-order valence-corrected chi connectivity index (χ1v) is 20.3. The first-order chi connectivity index (χ1) is 29.7. The SMILES string of the molecule is C=CC=C.c1ccc(-c2cc(-c3ccc(-c4cc(-n5c6ccccc6c6ccccc65)ccc4-n4c5ccccc5c5ccccc54)cc3)cc(-c3ccccc3)n2)cc1. The maximum absolute atomic E-state index is 5.13. The largest absolute Gasteiger partial charge is 0.309 e. The fraction of sp³-hybridized carbons (Fsp3) is 0. The van der Waals surface area contributed by atoms with Crippen LogP contribution in [0.5, 0.6) is 0 Å².